The Morgan fingerprint density at radius 3 is 2.00 bits per heavy atom. The molecule has 0 N–H and O–H groups in total. The first kappa shape index (κ1) is 24.0. The van der Waals surface area contributed by atoms with E-state index >= 15 is 0 Å². The molecule has 0 amide bonds. The van der Waals surface area contributed by atoms with Gasteiger partial charge in [-0.25, -0.2) is 4.85 Å². The van der Waals surface area contributed by atoms with Gasteiger partial charge in [-0.05, 0) is 34.6 Å². The zero-order valence-corrected chi connectivity index (χ0v) is 19.5. The van der Waals surface area contributed by atoms with Crippen molar-refractivity contribution in [3.63, 3.8) is 0 Å². The standard InChI is InChI=1S/C30H31NO2/c1-4-6-13-23(5-2)22-33-30(32)29(31-3)28(26-16-11-8-12-17-26)27-20-18-25(19-21-27)24-14-9-7-10-15-24/h7-12,14-21,23H,4-6,13,22H2,1-2H3/b29-28+. The van der Waals surface area contributed by atoms with Gasteiger partial charge in [-0.15, -0.1) is 0 Å². The summed E-state index contributed by atoms with van der Waals surface area (Å²) in [6.07, 6.45) is 4.22. The van der Waals surface area contributed by atoms with E-state index in [9.17, 15) is 4.79 Å². The molecule has 0 aliphatic heterocycles. The number of ether oxygens (including phenoxy) is 1. The van der Waals surface area contributed by atoms with Gasteiger partial charge in [0.15, 0.2) is 0 Å². The van der Waals surface area contributed by atoms with E-state index in [-0.39, 0.29) is 5.70 Å². The largest absolute Gasteiger partial charge is 0.470 e. The number of benzene rings is 3. The van der Waals surface area contributed by atoms with Crippen molar-refractivity contribution in [2.45, 2.75) is 39.5 Å². The van der Waals surface area contributed by atoms with Crippen molar-refractivity contribution in [3.05, 3.63) is 113 Å². The molecule has 3 heteroatoms. The van der Waals surface area contributed by atoms with Crippen LogP contribution in [0.1, 0.15) is 50.7 Å². The van der Waals surface area contributed by atoms with E-state index in [2.05, 4.69) is 30.8 Å². The van der Waals surface area contributed by atoms with Gasteiger partial charge in [-0.1, -0.05) is 118 Å². The molecule has 168 valence electrons. The summed E-state index contributed by atoms with van der Waals surface area (Å²) in [7, 11) is 0. The monoisotopic (exact) mass is 437 g/mol. The maximum Gasteiger partial charge on any atom is 0.336 e. The predicted octanol–water partition coefficient (Wildman–Crippen LogP) is 7.79. The van der Waals surface area contributed by atoms with E-state index < -0.39 is 5.97 Å². The highest BCUT2D eigenvalue weighted by Crippen LogP contribution is 2.30. The lowest BCUT2D eigenvalue weighted by molar-refractivity contribution is -0.140. The summed E-state index contributed by atoms with van der Waals surface area (Å²) < 4.78 is 5.65. The summed E-state index contributed by atoms with van der Waals surface area (Å²) in [5.41, 5.74) is 4.49. The molecule has 0 aliphatic rings. The second-order valence-electron chi connectivity index (χ2n) is 8.16. The Morgan fingerprint density at radius 2 is 1.42 bits per heavy atom. The van der Waals surface area contributed by atoms with Crippen molar-refractivity contribution >= 4 is 11.5 Å². The Balaban J connectivity index is 1.95. The minimum Gasteiger partial charge on any atom is -0.470 e. The number of unbranched alkanes of at least 4 members (excludes halogenated alkanes) is 1. The normalized spacial score (nSPS) is 12.4. The second-order valence-corrected chi connectivity index (χ2v) is 8.16. The van der Waals surface area contributed by atoms with Crippen molar-refractivity contribution < 1.29 is 9.53 Å². The summed E-state index contributed by atoms with van der Waals surface area (Å²) in [6.45, 7) is 12.4. The van der Waals surface area contributed by atoms with Gasteiger partial charge in [-0.2, -0.15) is 0 Å². The van der Waals surface area contributed by atoms with Crippen LogP contribution in [-0.2, 0) is 9.53 Å². The maximum atomic E-state index is 13.1. The molecule has 0 aromatic heterocycles. The van der Waals surface area contributed by atoms with E-state index in [1.165, 1.54) is 0 Å². The molecule has 3 nitrogen and oxygen atoms in total. The first-order valence-corrected chi connectivity index (χ1v) is 11.7. The van der Waals surface area contributed by atoms with Gasteiger partial charge in [0.1, 0.15) is 0 Å². The number of carbonyl (C=O) groups excluding carboxylic acids is 1. The average Bonchev–Trinajstić information content (AvgIpc) is 2.88. The predicted molar refractivity (Wildman–Crippen MR) is 135 cm³/mol. The third-order valence-electron chi connectivity index (χ3n) is 5.88. The van der Waals surface area contributed by atoms with Gasteiger partial charge >= 0.3 is 5.97 Å². The van der Waals surface area contributed by atoms with Crippen LogP contribution in [0.4, 0.5) is 0 Å². The maximum absolute atomic E-state index is 13.1. The molecule has 0 saturated heterocycles. The third kappa shape index (κ3) is 6.43. The van der Waals surface area contributed by atoms with E-state index in [1.54, 1.807) is 0 Å². The Bertz CT molecular complexity index is 1090. The molecule has 0 aliphatic carbocycles. The molecule has 0 radical (unpaired) electrons. The highest BCUT2D eigenvalue weighted by Gasteiger charge is 2.22. The van der Waals surface area contributed by atoms with Crippen molar-refractivity contribution in [1.82, 2.24) is 0 Å². The van der Waals surface area contributed by atoms with Gasteiger partial charge in [-0.3, -0.25) is 4.79 Å². The molecular weight excluding hydrogens is 406 g/mol. The molecule has 1 unspecified atom stereocenters. The van der Waals surface area contributed by atoms with E-state index in [0.717, 1.165) is 47.9 Å². The van der Waals surface area contributed by atoms with Gasteiger partial charge < -0.3 is 4.74 Å². The second kappa shape index (κ2) is 12.4. The van der Waals surface area contributed by atoms with Crippen LogP contribution in [0, 0.1) is 12.5 Å². The molecule has 0 heterocycles. The Morgan fingerprint density at radius 1 is 0.848 bits per heavy atom. The number of esters is 1. The number of hydrogen-bond acceptors (Lipinski definition) is 2. The van der Waals surface area contributed by atoms with Crippen LogP contribution in [0.15, 0.2) is 90.6 Å². The van der Waals surface area contributed by atoms with Crippen LogP contribution >= 0.6 is 0 Å². The Labute approximate surface area is 197 Å². The van der Waals surface area contributed by atoms with Crippen molar-refractivity contribution in [3.8, 4) is 11.1 Å². The molecule has 0 fully saturated rings. The summed E-state index contributed by atoms with van der Waals surface area (Å²) in [5.74, 6) is -0.225. The SMILES string of the molecule is [C-]#[N+]/C(C(=O)OCC(CC)CCCC)=C(\c1ccccc1)c1ccc(-c2ccccc2)cc1. The Kier molecular flexibility index (Phi) is 9.03. The fourth-order valence-corrected chi connectivity index (χ4v) is 3.87. The molecule has 3 rings (SSSR count). The number of hydrogen-bond donors (Lipinski definition) is 0. The lowest BCUT2D eigenvalue weighted by Gasteiger charge is -2.16. The fraction of sp³-hybridized carbons (Fsp3) is 0.267. The van der Waals surface area contributed by atoms with Gasteiger partial charge in [0.25, 0.3) is 5.70 Å². The van der Waals surface area contributed by atoms with Crippen molar-refractivity contribution in [2.24, 2.45) is 5.92 Å². The number of carbonyl (C=O) groups is 1. The molecule has 0 saturated carbocycles. The molecule has 0 bridgehead atoms. The highest BCUT2D eigenvalue weighted by atomic mass is 16.5. The van der Waals surface area contributed by atoms with Crippen LogP contribution < -0.4 is 0 Å². The zero-order valence-electron chi connectivity index (χ0n) is 19.5. The third-order valence-corrected chi connectivity index (χ3v) is 5.88. The van der Waals surface area contributed by atoms with Crippen LogP contribution in [0.2, 0.25) is 0 Å². The van der Waals surface area contributed by atoms with Crippen LogP contribution in [0.3, 0.4) is 0 Å². The first-order chi connectivity index (χ1) is 16.2. The quantitative estimate of drug-likeness (QED) is 0.184. The topological polar surface area (TPSA) is 30.7 Å². The molecule has 3 aromatic rings. The fourth-order valence-electron chi connectivity index (χ4n) is 3.87. The minimum atomic E-state index is -0.550. The van der Waals surface area contributed by atoms with Crippen molar-refractivity contribution in [1.29, 1.82) is 0 Å². The minimum absolute atomic E-state index is 0.0269. The van der Waals surface area contributed by atoms with E-state index in [4.69, 9.17) is 11.3 Å². The molecule has 3 aromatic carbocycles. The van der Waals surface area contributed by atoms with Crippen LogP contribution in [0.5, 0.6) is 0 Å². The number of rotatable bonds is 10. The van der Waals surface area contributed by atoms with Crippen LogP contribution in [-0.4, -0.2) is 12.6 Å². The first-order valence-electron chi connectivity index (χ1n) is 11.7. The van der Waals surface area contributed by atoms with Crippen molar-refractivity contribution in [2.75, 3.05) is 6.61 Å². The highest BCUT2D eigenvalue weighted by molar-refractivity contribution is 6.03. The van der Waals surface area contributed by atoms with Gasteiger partial charge in [0, 0.05) is 5.57 Å². The van der Waals surface area contributed by atoms with E-state index in [1.807, 2.05) is 72.8 Å². The van der Waals surface area contributed by atoms with Crippen LogP contribution in [0.25, 0.3) is 21.5 Å². The Hall–Kier alpha value is -3.64. The molecule has 0 spiro atoms. The molecule has 33 heavy (non-hydrogen) atoms. The van der Waals surface area contributed by atoms with E-state index in [0.29, 0.717) is 18.1 Å². The summed E-state index contributed by atoms with van der Waals surface area (Å²) in [5, 5.41) is 0. The molecular formula is C30H31NO2. The average molecular weight is 438 g/mol. The lowest BCUT2D eigenvalue weighted by atomic mass is 9.94. The summed E-state index contributed by atoms with van der Waals surface area (Å²) in [4.78, 5) is 16.7. The lowest BCUT2D eigenvalue weighted by Crippen LogP contribution is -2.15. The number of nitrogens with zero attached hydrogens (tertiary/aromatic N) is 1. The smallest absolute Gasteiger partial charge is 0.336 e. The van der Waals surface area contributed by atoms with Gasteiger partial charge in [0.2, 0.25) is 0 Å². The summed E-state index contributed by atoms with van der Waals surface area (Å²) in [6, 6.07) is 27.7. The van der Waals surface area contributed by atoms with Gasteiger partial charge in [0.05, 0.1) is 13.2 Å². The summed E-state index contributed by atoms with van der Waals surface area (Å²) >= 11 is 0. The molecule has 1 atom stereocenters. The zero-order chi connectivity index (χ0) is 23.5.